The van der Waals surface area contributed by atoms with Crippen LogP contribution in [0.4, 0.5) is 0 Å². The van der Waals surface area contributed by atoms with Gasteiger partial charge in [-0.05, 0) is 49.2 Å². The summed E-state index contributed by atoms with van der Waals surface area (Å²) in [6, 6.07) is 14.7. The van der Waals surface area contributed by atoms with Crippen LogP contribution in [-0.2, 0) is 21.2 Å². The quantitative estimate of drug-likeness (QED) is 0.852. The molecule has 0 aliphatic heterocycles. The maximum atomic E-state index is 12.1. The molecular weight excluding hydrogens is 324 g/mol. The lowest BCUT2D eigenvalue weighted by molar-refractivity contribution is 0.0927. The van der Waals surface area contributed by atoms with Gasteiger partial charge in [0, 0.05) is 12.5 Å². The molecule has 2 aromatic carbocycles. The normalized spacial score (nSPS) is 13.5. The molecule has 0 aromatic heterocycles. The Balaban J connectivity index is 2.19. The maximum absolute atomic E-state index is 12.1. The molecule has 2 aromatic rings. The molecule has 0 saturated carbocycles. The zero-order chi connectivity index (χ0) is 18.0. The van der Waals surface area contributed by atoms with Crippen LogP contribution >= 0.6 is 0 Å². The Hall–Kier alpha value is -1.85. The smallest absolute Gasteiger partial charge is 0.239 e. The van der Waals surface area contributed by atoms with E-state index in [1.807, 2.05) is 24.3 Å². The SMILES string of the molecule is COC(C)(C)S(=O)Oc1ccc(C(C)(C)c2ccc(O)cc2)cc1. The number of aromatic hydroxyl groups is 1. The van der Waals surface area contributed by atoms with E-state index in [1.165, 1.54) is 7.11 Å². The Kier molecular flexibility index (Phi) is 5.35. The van der Waals surface area contributed by atoms with Gasteiger partial charge in [0.15, 0.2) is 4.93 Å². The minimum Gasteiger partial charge on any atom is -0.508 e. The van der Waals surface area contributed by atoms with Gasteiger partial charge in [0.25, 0.3) is 0 Å². The Morgan fingerprint density at radius 1 is 0.875 bits per heavy atom. The Bertz CT molecular complexity index is 703. The van der Waals surface area contributed by atoms with Crippen LogP contribution in [0.25, 0.3) is 0 Å². The zero-order valence-corrected chi connectivity index (χ0v) is 15.5. The highest BCUT2D eigenvalue weighted by molar-refractivity contribution is 7.81. The summed E-state index contributed by atoms with van der Waals surface area (Å²) in [6.07, 6.45) is 0. The predicted molar refractivity (Wildman–Crippen MR) is 96.5 cm³/mol. The molecule has 0 saturated heterocycles. The van der Waals surface area contributed by atoms with Crippen LogP contribution in [0, 0.1) is 0 Å². The summed E-state index contributed by atoms with van der Waals surface area (Å²) in [4.78, 5) is -0.871. The summed E-state index contributed by atoms with van der Waals surface area (Å²) in [5.74, 6) is 0.783. The van der Waals surface area contributed by atoms with Crippen LogP contribution in [0.5, 0.6) is 11.5 Å². The second-order valence-electron chi connectivity index (χ2n) is 6.62. The molecule has 1 N–H and O–H groups in total. The van der Waals surface area contributed by atoms with Crippen LogP contribution in [0.2, 0.25) is 0 Å². The van der Waals surface area contributed by atoms with Crippen molar-refractivity contribution in [3.05, 3.63) is 59.7 Å². The monoisotopic (exact) mass is 348 g/mol. The molecule has 1 atom stereocenters. The second kappa shape index (κ2) is 6.95. The molecule has 0 spiro atoms. The molecule has 0 aliphatic rings. The van der Waals surface area contributed by atoms with Crippen LogP contribution in [0.15, 0.2) is 48.5 Å². The molecule has 0 fully saturated rings. The standard InChI is InChI=1S/C19H24O4S/c1-18(2,14-6-10-16(20)11-7-14)15-8-12-17(13-9-15)23-24(21)19(3,4)22-5/h6-13,20H,1-5H3. The van der Waals surface area contributed by atoms with Gasteiger partial charge in [-0.3, -0.25) is 0 Å². The molecule has 4 nitrogen and oxygen atoms in total. The highest BCUT2D eigenvalue weighted by Crippen LogP contribution is 2.33. The van der Waals surface area contributed by atoms with Gasteiger partial charge < -0.3 is 14.0 Å². The van der Waals surface area contributed by atoms with E-state index >= 15 is 0 Å². The first-order valence-corrected chi connectivity index (χ1v) is 8.80. The van der Waals surface area contributed by atoms with Crippen LogP contribution in [-0.4, -0.2) is 21.4 Å². The molecule has 130 valence electrons. The number of hydrogen-bond acceptors (Lipinski definition) is 4. The topological polar surface area (TPSA) is 55.8 Å². The van der Waals surface area contributed by atoms with Crippen molar-refractivity contribution in [1.82, 2.24) is 0 Å². The van der Waals surface area contributed by atoms with E-state index < -0.39 is 16.0 Å². The van der Waals surface area contributed by atoms with E-state index in [1.54, 1.807) is 38.1 Å². The van der Waals surface area contributed by atoms with E-state index in [2.05, 4.69) is 13.8 Å². The molecule has 0 bridgehead atoms. The van der Waals surface area contributed by atoms with Gasteiger partial charge in [0.1, 0.15) is 11.5 Å². The Morgan fingerprint density at radius 3 is 1.79 bits per heavy atom. The summed E-state index contributed by atoms with van der Waals surface area (Å²) in [5, 5.41) is 9.44. The van der Waals surface area contributed by atoms with Gasteiger partial charge in [-0.1, -0.05) is 38.1 Å². The van der Waals surface area contributed by atoms with E-state index in [0.29, 0.717) is 5.75 Å². The number of methoxy groups -OCH3 is 1. The van der Waals surface area contributed by atoms with Crippen molar-refractivity contribution in [2.24, 2.45) is 0 Å². The lowest BCUT2D eigenvalue weighted by Crippen LogP contribution is -2.31. The minimum absolute atomic E-state index is 0.225. The average Bonchev–Trinajstić information content (AvgIpc) is 2.55. The van der Waals surface area contributed by atoms with Gasteiger partial charge in [0.05, 0.1) is 0 Å². The summed E-state index contributed by atoms with van der Waals surface area (Å²) in [5.41, 5.74) is 1.97. The molecule has 0 aliphatic carbocycles. The third-order valence-corrected chi connectivity index (χ3v) is 5.54. The lowest BCUT2D eigenvalue weighted by Gasteiger charge is -2.26. The summed E-state index contributed by atoms with van der Waals surface area (Å²) in [7, 11) is 1.50. The minimum atomic E-state index is -1.60. The van der Waals surface area contributed by atoms with Crippen molar-refractivity contribution in [2.45, 2.75) is 38.0 Å². The van der Waals surface area contributed by atoms with Gasteiger partial charge >= 0.3 is 0 Å². The zero-order valence-electron chi connectivity index (χ0n) is 14.7. The first-order valence-electron chi connectivity index (χ1n) is 7.72. The fourth-order valence-electron chi connectivity index (χ4n) is 2.23. The molecule has 0 heterocycles. The third kappa shape index (κ3) is 3.97. The fourth-order valence-corrected chi connectivity index (χ4v) is 2.85. The van der Waals surface area contributed by atoms with Crippen molar-refractivity contribution in [3.63, 3.8) is 0 Å². The van der Waals surface area contributed by atoms with Gasteiger partial charge in [0.2, 0.25) is 11.1 Å². The number of benzene rings is 2. The summed E-state index contributed by atoms with van der Waals surface area (Å²) in [6.45, 7) is 7.65. The van der Waals surface area contributed by atoms with E-state index in [4.69, 9.17) is 8.92 Å². The second-order valence-corrected chi connectivity index (χ2v) is 8.24. The number of hydrogen-bond donors (Lipinski definition) is 1. The molecule has 2 rings (SSSR count). The highest BCUT2D eigenvalue weighted by atomic mass is 32.2. The van der Waals surface area contributed by atoms with E-state index in [9.17, 15) is 9.32 Å². The van der Waals surface area contributed by atoms with Crippen molar-refractivity contribution in [3.8, 4) is 11.5 Å². The Labute approximate surface area is 146 Å². The number of phenols is 1. The number of rotatable bonds is 6. The lowest BCUT2D eigenvalue weighted by atomic mass is 9.78. The van der Waals surface area contributed by atoms with Crippen molar-refractivity contribution < 1.29 is 18.2 Å². The van der Waals surface area contributed by atoms with Crippen molar-refractivity contribution in [1.29, 1.82) is 0 Å². The first-order chi connectivity index (χ1) is 11.2. The van der Waals surface area contributed by atoms with Gasteiger partial charge in [-0.25, -0.2) is 4.21 Å². The van der Waals surface area contributed by atoms with Crippen LogP contribution in [0.1, 0.15) is 38.8 Å². The average molecular weight is 348 g/mol. The summed E-state index contributed by atoms with van der Waals surface area (Å²) < 4.78 is 22.8. The fraction of sp³-hybridized carbons (Fsp3) is 0.368. The van der Waals surface area contributed by atoms with E-state index in [0.717, 1.165) is 11.1 Å². The van der Waals surface area contributed by atoms with Crippen LogP contribution < -0.4 is 4.18 Å². The molecule has 0 amide bonds. The van der Waals surface area contributed by atoms with Gasteiger partial charge in [-0.15, -0.1) is 0 Å². The first kappa shape index (κ1) is 18.5. The predicted octanol–water partition coefficient (Wildman–Crippen LogP) is 4.14. The van der Waals surface area contributed by atoms with Gasteiger partial charge in [-0.2, -0.15) is 0 Å². The van der Waals surface area contributed by atoms with Crippen molar-refractivity contribution >= 4 is 11.1 Å². The summed E-state index contributed by atoms with van der Waals surface area (Å²) >= 11 is -1.60. The maximum Gasteiger partial charge on any atom is 0.239 e. The third-order valence-electron chi connectivity index (χ3n) is 4.23. The highest BCUT2D eigenvalue weighted by Gasteiger charge is 2.28. The largest absolute Gasteiger partial charge is 0.508 e. The molecule has 24 heavy (non-hydrogen) atoms. The van der Waals surface area contributed by atoms with E-state index in [-0.39, 0.29) is 11.2 Å². The molecule has 5 heteroatoms. The molecule has 0 radical (unpaired) electrons. The molecular formula is C19H24O4S. The number of ether oxygens (including phenoxy) is 1. The van der Waals surface area contributed by atoms with Crippen molar-refractivity contribution in [2.75, 3.05) is 7.11 Å². The van der Waals surface area contributed by atoms with Crippen LogP contribution in [0.3, 0.4) is 0 Å². The molecule has 1 unspecified atom stereocenters. The number of phenolic OH excluding ortho intramolecular Hbond substituents is 1. The Morgan fingerprint density at radius 2 is 1.33 bits per heavy atom.